The maximum atomic E-state index is 13.4. The summed E-state index contributed by atoms with van der Waals surface area (Å²) in [5, 5.41) is 12.9. The minimum Gasteiger partial charge on any atom is -0.328 e. The molecule has 7 heteroatoms. The average Bonchev–Trinajstić information content (AvgIpc) is 2.30. The molecular formula is C10H12FN3O3. The van der Waals surface area contributed by atoms with E-state index in [1.165, 1.54) is 18.0 Å². The summed E-state index contributed by atoms with van der Waals surface area (Å²) in [6.45, 7) is 2.14. The number of anilines is 1. The number of benzene rings is 1. The largest absolute Gasteiger partial charge is 0.328 e. The van der Waals surface area contributed by atoms with Crippen molar-refractivity contribution in [2.75, 3.05) is 18.9 Å². The highest BCUT2D eigenvalue weighted by atomic mass is 19.1. The number of nitro groups is 1. The summed E-state index contributed by atoms with van der Waals surface area (Å²) in [5.41, 5.74) is -0.884. The molecule has 0 saturated carbocycles. The molecule has 0 heterocycles. The van der Waals surface area contributed by atoms with Crippen molar-refractivity contribution in [3.8, 4) is 0 Å². The number of rotatable bonds is 3. The van der Waals surface area contributed by atoms with E-state index in [4.69, 9.17) is 0 Å². The van der Waals surface area contributed by atoms with Crippen molar-refractivity contribution >= 4 is 17.4 Å². The summed E-state index contributed by atoms with van der Waals surface area (Å²) in [6, 6.07) is 2.80. The summed E-state index contributed by atoms with van der Waals surface area (Å²) >= 11 is 0. The second-order valence-electron chi connectivity index (χ2n) is 3.34. The lowest BCUT2D eigenvalue weighted by Crippen LogP contribution is -2.31. The number of amides is 2. The number of urea groups is 1. The monoisotopic (exact) mass is 241 g/mol. The first-order valence-corrected chi connectivity index (χ1v) is 4.92. The number of nitrogens with one attached hydrogen (secondary N) is 1. The lowest BCUT2D eigenvalue weighted by atomic mass is 10.2. The van der Waals surface area contributed by atoms with E-state index in [-0.39, 0.29) is 0 Å². The van der Waals surface area contributed by atoms with E-state index in [1.807, 2.05) is 0 Å². The summed E-state index contributed by atoms with van der Waals surface area (Å²) in [6.07, 6.45) is 0. The van der Waals surface area contributed by atoms with Crippen molar-refractivity contribution in [1.82, 2.24) is 4.90 Å². The molecule has 0 atom stereocenters. The highest BCUT2D eigenvalue weighted by Gasteiger charge is 2.20. The van der Waals surface area contributed by atoms with E-state index in [9.17, 15) is 19.3 Å². The summed E-state index contributed by atoms with van der Waals surface area (Å²) in [5.74, 6) is -0.836. The molecule has 1 N–H and O–H groups in total. The Balaban J connectivity index is 3.05. The summed E-state index contributed by atoms with van der Waals surface area (Å²) in [4.78, 5) is 22.7. The number of para-hydroxylation sites is 1. The molecule has 0 spiro atoms. The Bertz CT molecular complexity index is 450. The van der Waals surface area contributed by atoms with Gasteiger partial charge in [-0.25, -0.2) is 9.18 Å². The lowest BCUT2D eigenvalue weighted by molar-refractivity contribution is -0.384. The molecule has 1 aromatic rings. The SMILES string of the molecule is CCN(C)C(=O)Nc1c(F)cccc1[N+](=O)[O-]. The van der Waals surface area contributed by atoms with Crippen LogP contribution in [0.25, 0.3) is 0 Å². The van der Waals surface area contributed by atoms with Crippen molar-refractivity contribution in [3.63, 3.8) is 0 Å². The molecule has 1 aromatic carbocycles. The highest BCUT2D eigenvalue weighted by molar-refractivity contribution is 5.91. The smallest absolute Gasteiger partial charge is 0.321 e. The van der Waals surface area contributed by atoms with Gasteiger partial charge in [-0.2, -0.15) is 0 Å². The van der Waals surface area contributed by atoms with Crippen LogP contribution in [0.1, 0.15) is 6.92 Å². The fraction of sp³-hybridized carbons (Fsp3) is 0.300. The maximum Gasteiger partial charge on any atom is 0.321 e. The molecule has 0 fully saturated rings. The van der Waals surface area contributed by atoms with Gasteiger partial charge in [0.05, 0.1) is 4.92 Å². The molecule has 0 bridgehead atoms. The van der Waals surface area contributed by atoms with Crippen LogP contribution in [-0.2, 0) is 0 Å². The van der Waals surface area contributed by atoms with Gasteiger partial charge < -0.3 is 4.90 Å². The van der Waals surface area contributed by atoms with Gasteiger partial charge in [0.1, 0.15) is 0 Å². The van der Waals surface area contributed by atoms with Crippen LogP contribution in [0.3, 0.4) is 0 Å². The molecule has 2 amide bonds. The number of nitrogens with zero attached hydrogens (tertiary/aromatic N) is 2. The average molecular weight is 241 g/mol. The summed E-state index contributed by atoms with van der Waals surface area (Å²) < 4.78 is 13.4. The normalized spacial score (nSPS) is 9.82. The quantitative estimate of drug-likeness (QED) is 0.651. The molecule has 92 valence electrons. The van der Waals surface area contributed by atoms with Crippen molar-refractivity contribution in [2.24, 2.45) is 0 Å². The second kappa shape index (κ2) is 5.24. The van der Waals surface area contributed by atoms with E-state index in [2.05, 4.69) is 5.32 Å². The van der Waals surface area contributed by atoms with Gasteiger partial charge in [0.2, 0.25) is 0 Å². The number of hydrogen-bond donors (Lipinski definition) is 1. The van der Waals surface area contributed by atoms with E-state index in [1.54, 1.807) is 6.92 Å². The summed E-state index contributed by atoms with van der Waals surface area (Å²) in [7, 11) is 1.50. The topological polar surface area (TPSA) is 75.5 Å². The lowest BCUT2D eigenvalue weighted by Gasteiger charge is -2.15. The second-order valence-corrected chi connectivity index (χ2v) is 3.34. The maximum absolute atomic E-state index is 13.4. The Morgan fingerprint density at radius 2 is 2.24 bits per heavy atom. The Labute approximate surface area is 97.2 Å². The number of halogens is 1. The molecule has 0 aliphatic heterocycles. The van der Waals surface area contributed by atoms with E-state index >= 15 is 0 Å². The number of carbonyl (C=O) groups is 1. The third kappa shape index (κ3) is 2.90. The van der Waals surface area contributed by atoms with Crippen LogP contribution in [0.5, 0.6) is 0 Å². The first kappa shape index (κ1) is 12.9. The third-order valence-corrected chi connectivity index (χ3v) is 2.24. The molecule has 0 aliphatic carbocycles. The highest BCUT2D eigenvalue weighted by Crippen LogP contribution is 2.27. The zero-order valence-corrected chi connectivity index (χ0v) is 9.44. The Kier molecular flexibility index (Phi) is 3.97. The Morgan fingerprint density at radius 1 is 1.59 bits per heavy atom. The van der Waals surface area contributed by atoms with Crippen molar-refractivity contribution in [2.45, 2.75) is 6.92 Å². The number of hydrogen-bond acceptors (Lipinski definition) is 3. The van der Waals surface area contributed by atoms with Crippen LogP contribution in [0.2, 0.25) is 0 Å². The van der Waals surface area contributed by atoms with Crippen LogP contribution < -0.4 is 5.32 Å². The molecule has 0 aliphatic rings. The van der Waals surface area contributed by atoms with Crippen LogP contribution in [0, 0.1) is 15.9 Å². The fourth-order valence-electron chi connectivity index (χ4n) is 1.13. The first-order chi connectivity index (χ1) is 7.97. The molecule has 0 radical (unpaired) electrons. The van der Waals surface area contributed by atoms with Gasteiger partial charge in [-0.1, -0.05) is 6.07 Å². The van der Waals surface area contributed by atoms with Crippen LogP contribution >= 0.6 is 0 Å². The van der Waals surface area contributed by atoms with Gasteiger partial charge in [0, 0.05) is 19.7 Å². The number of nitro benzene ring substituents is 1. The van der Waals surface area contributed by atoms with Gasteiger partial charge in [0.25, 0.3) is 5.69 Å². The molecule has 0 saturated heterocycles. The minimum atomic E-state index is -0.836. The first-order valence-electron chi connectivity index (χ1n) is 4.92. The Morgan fingerprint density at radius 3 is 2.76 bits per heavy atom. The van der Waals surface area contributed by atoms with Crippen LogP contribution in [0.4, 0.5) is 20.6 Å². The van der Waals surface area contributed by atoms with Crippen molar-refractivity contribution in [1.29, 1.82) is 0 Å². The standard InChI is InChI=1S/C10H12FN3O3/c1-3-13(2)10(15)12-9-7(11)5-4-6-8(9)14(16)17/h4-6H,3H2,1-2H3,(H,12,15). The predicted octanol–water partition coefficient (Wildman–Crippen LogP) is 2.22. The van der Waals surface area contributed by atoms with Crippen molar-refractivity contribution in [3.05, 3.63) is 34.1 Å². The van der Waals surface area contributed by atoms with Crippen molar-refractivity contribution < 1.29 is 14.1 Å². The van der Waals surface area contributed by atoms with E-state index in [0.29, 0.717) is 6.54 Å². The third-order valence-electron chi connectivity index (χ3n) is 2.24. The number of carbonyl (C=O) groups excluding carboxylic acids is 1. The van der Waals surface area contributed by atoms with E-state index in [0.717, 1.165) is 12.1 Å². The molecule has 17 heavy (non-hydrogen) atoms. The molecule has 0 unspecified atom stereocenters. The van der Waals surface area contributed by atoms with Crippen LogP contribution in [0.15, 0.2) is 18.2 Å². The van der Waals surface area contributed by atoms with E-state index < -0.39 is 28.1 Å². The molecule has 0 aromatic heterocycles. The molecular weight excluding hydrogens is 229 g/mol. The van der Waals surface area contributed by atoms with Gasteiger partial charge in [-0.3, -0.25) is 15.4 Å². The molecule has 6 nitrogen and oxygen atoms in total. The zero-order chi connectivity index (χ0) is 13.0. The fourth-order valence-corrected chi connectivity index (χ4v) is 1.13. The predicted molar refractivity (Wildman–Crippen MR) is 60.4 cm³/mol. The Hall–Kier alpha value is -2.18. The molecule has 1 rings (SSSR count). The van der Waals surface area contributed by atoms with Gasteiger partial charge >= 0.3 is 6.03 Å². The van der Waals surface area contributed by atoms with Crippen LogP contribution in [-0.4, -0.2) is 29.4 Å². The van der Waals surface area contributed by atoms with Gasteiger partial charge in [-0.05, 0) is 13.0 Å². The minimum absolute atomic E-state index is 0.411. The van der Waals surface area contributed by atoms with Gasteiger partial charge in [-0.15, -0.1) is 0 Å². The van der Waals surface area contributed by atoms with Gasteiger partial charge in [0.15, 0.2) is 11.5 Å². The zero-order valence-electron chi connectivity index (χ0n) is 9.44.